The van der Waals surface area contributed by atoms with Crippen molar-refractivity contribution in [1.29, 1.82) is 0 Å². The highest BCUT2D eigenvalue weighted by atomic mass is 32.2. The Morgan fingerprint density at radius 2 is 2.11 bits per heavy atom. The number of aromatic nitrogens is 2. The minimum Gasteiger partial charge on any atom is -0.480 e. The lowest BCUT2D eigenvalue weighted by Gasteiger charge is -2.16. The van der Waals surface area contributed by atoms with Crippen LogP contribution in [0.15, 0.2) is 34.7 Å². The van der Waals surface area contributed by atoms with E-state index in [0.29, 0.717) is 22.4 Å². The van der Waals surface area contributed by atoms with Crippen LogP contribution in [0.3, 0.4) is 0 Å². The maximum Gasteiger partial charge on any atom is 0.317 e. The van der Waals surface area contributed by atoms with Crippen molar-refractivity contribution in [2.45, 2.75) is 29.4 Å². The van der Waals surface area contributed by atoms with Crippen LogP contribution in [0, 0.1) is 5.92 Å². The Hall–Kier alpha value is -2.46. The molecule has 2 amide bonds. The average Bonchev–Trinajstić information content (AvgIpc) is 3.26. The Morgan fingerprint density at radius 1 is 1.37 bits per heavy atom. The van der Waals surface area contributed by atoms with Crippen LogP contribution in [-0.4, -0.2) is 44.9 Å². The van der Waals surface area contributed by atoms with Crippen molar-refractivity contribution in [3.63, 3.8) is 0 Å². The van der Waals surface area contributed by atoms with E-state index < -0.39 is 17.1 Å². The number of para-hydroxylation sites is 1. The molecule has 27 heavy (non-hydrogen) atoms. The van der Waals surface area contributed by atoms with Crippen molar-refractivity contribution >= 4 is 51.7 Å². The molecule has 2 N–H and O–H groups in total. The zero-order valence-corrected chi connectivity index (χ0v) is 16.1. The minimum absolute atomic E-state index is 0.0953. The number of carboxylic acid groups (broad SMARTS) is 1. The van der Waals surface area contributed by atoms with Gasteiger partial charge in [-0.3, -0.25) is 14.4 Å². The van der Waals surface area contributed by atoms with Crippen LogP contribution in [0.5, 0.6) is 0 Å². The molecule has 0 spiro atoms. The van der Waals surface area contributed by atoms with Gasteiger partial charge in [-0.2, -0.15) is 0 Å². The Labute approximate surface area is 164 Å². The summed E-state index contributed by atoms with van der Waals surface area (Å²) in [6, 6.07) is 9.22. The smallest absolute Gasteiger partial charge is 0.317 e. The third-order valence-electron chi connectivity index (χ3n) is 4.09. The molecule has 8 nitrogen and oxygen atoms in total. The molecule has 1 fully saturated rings. The van der Waals surface area contributed by atoms with Gasteiger partial charge in [-0.1, -0.05) is 48.2 Å². The molecule has 1 aromatic carbocycles. The van der Waals surface area contributed by atoms with Crippen LogP contribution in [0.2, 0.25) is 0 Å². The van der Waals surface area contributed by atoms with Crippen LogP contribution < -0.4 is 10.2 Å². The zero-order chi connectivity index (χ0) is 19.4. The molecule has 0 radical (unpaired) electrons. The topological polar surface area (TPSA) is 112 Å². The number of anilines is 2. The van der Waals surface area contributed by atoms with E-state index in [-0.39, 0.29) is 18.2 Å². The van der Waals surface area contributed by atoms with Crippen LogP contribution in [0.1, 0.15) is 19.8 Å². The summed E-state index contributed by atoms with van der Waals surface area (Å²) in [5.41, 5.74) is 0.770. The summed E-state index contributed by atoms with van der Waals surface area (Å²) in [4.78, 5) is 37.4. The zero-order valence-electron chi connectivity index (χ0n) is 14.5. The predicted molar refractivity (Wildman–Crippen MR) is 103 cm³/mol. The summed E-state index contributed by atoms with van der Waals surface area (Å²) in [5, 5.41) is 19.3. The number of amides is 2. The first kappa shape index (κ1) is 19.3. The molecule has 0 aliphatic carbocycles. The van der Waals surface area contributed by atoms with Gasteiger partial charge in [0.25, 0.3) is 0 Å². The summed E-state index contributed by atoms with van der Waals surface area (Å²) in [7, 11) is 0. The lowest BCUT2D eigenvalue weighted by molar-refractivity contribution is -0.136. The third-order valence-corrected chi connectivity index (χ3v) is 6.36. The maximum absolute atomic E-state index is 12.5. The van der Waals surface area contributed by atoms with Crippen molar-refractivity contribution in [2.24, 2.45) is 5.92 Å². The normalized spacial score (nSPS) is 17.7. The fourth-order valence-corrected chi connectivity index (χ4v) is 4.54. The molecule has 1 aromatic heterocycles. The van der Waals surface area contributed by atoms with E-state index in [9.17, 15) is 14.4 Å². The molecular formula is C17H18N4O4S2. The number of nitrogens with zero attached hydrogens (tertiary/aromatic N) is 3. The van der Waals surface area contributed by atoms with Crippen molar-refractivity contribution in [3.05, 3.63) is 30.3 Å². The van der Waals surface area contributed by atoms with E-state index >= 15 is 0 Å². The number of benzene rings is 1. The van der Waals surface area contributed by atoms with Gasteiger partial charge in [0.05, 0.1) is 5.92 Å². The lowest BCUT2D eigenvalue weighted by atomic mass is 10.1. The summed E-state index contributed by atoms with van der Waals surface area (Å²) in [6.45, 7) is 2.09. The molecule has 1 saturated heterocycles. The molecule has 1 aliphatic heterocycles. The first-order chi connectivity index (χ1) is 13.0. The monoisotopic (exact) mass is 406 g/mol. The van der Waals surface area contributed by atoms with Crippen molar-refractivity contribution < 1.29 is 19.5 Å². The van der Waals surface area contributed by atoms with Gasteiger partial charge in [-0.15, -0.1) is 10.2 Å². The third kappa shape index (κ3) is 4.64. The molecule has 0 saturated carbocycles. The molecule has 1 aliphatic rings. The van der Waals surface area contributed by atoms with Crippen LogP contribution >= 0.6 is 23.1 Å². The van der Waals surface area contributed by atoms with E-state index in [0.717, 1.165) is 28.8 Å². The molecule has 142 valence electrons. The molecule has 10 heteroatoms. The highest BCUT2D eigenvalue weighted by molar-refractivity contribution is 8.02. The number of aliphatic carboxylic acids is 1. The predicted octanol–water partition coefficient (Wildman–Crippen LogP) is 2.49. The van der Waals surface area contributed by atoms with Gasteiger partial charge >= 0.3 is 5.97 Å². The van der Waals surface area contributed by atoms with Gasteiger partial charge in [-0.05, 0) is 18.6 Å². The number of rotatable bonds is 7. The van der Waals surface area contributed by atoms with Gasteiger partial charge in [0.2, 0.25) is 16.9 Å². The molecule has 2 heterocycles. The summed E-state index contributed by atoms with van der Waals surface area (Å²) in [6.07, 6.45) is 0.596. The van der Waals surface area contributed by atoms with Gasteiger partial charge in [0, 0.05) is 18.7 Å². The Bertz CT molecular complexity index is 842. The highest BCUT2D eigenvalue weighted by Crippen LogP contribution is 2.31. The second-order valence-electron chi connectivity index (χ2n) is 5.96. The van der Waals surface area contributed by atoms with Crippen molar-refractivity contribution in [3.8, 4) is 0 Å². The number of hydrogen-bond acceptors (Lipinski definition) is 7. The average molecular weight is 406 g/mol. The van der Waals surface area contributed by atoms with E-state index in [1.807, 2.05) is 30.3 Å². The Morgan fingerprint density at radius 3 is 2.78 bits per heavy atom. The number of nitrogens with one attached hydrogen (secondary N) is 1. The van der Waals surface area contributed by atoms with Crippen LogP contribution in [0.25, 0.3) is 0 Å². The molecule has 0 bridgehead atoms. The second kappa shape index (κ2) is 8.49. The Kier molecular flexibility index (Phi) is 6.07. The second-order valence-corrected chi connectivity index (χ2v) is 8.38. The molecule has 0 unspecified atom stereocenters. The van der Waals surface area contributed by atoms with Crippen LogP contribution in [0.4, 0.5) is 10.8 Å². The largest absolute Gasteiger partial charge is 0.480 e. The molecular weight excluding hydrogens is 388 g/mol. The summed E-state index contributed by atoms with van der Waals surface area (Å²) < 4.78 is 0.480. The quantitative estimate of drug-likeness (QED) is 0.536. The molecule has 2 aromatic rings. The number of carbonyl (C=O) groups is 3. The van der Waals surface area contributed by atoms with E-state index in [2.05, 4.69) is 15.5 Å². The molecule has 3 rings (SSSR count). The van der Waals surface area contributed by atoms with Gasteiger partial charge < -0.3 is 15.3 Å². The van der Waals surface area contributed by atoms with E-state index in [1.54, 1.807) is 11.8 Å². The van der Waals surface area contributed by atoms with Gasteiger partial charge in [0.15, 0.2) is 4.34 Å². The standard InChI is InChI=1S/C17H18N4O4S2/c1-2-12(15(24)25)26-17-20-19-16(27-17)18-14(23)10-8-13(22)21(9-10)11-6-4-3-5-7-11/h3-7,10,12H,2,8-9H2,1H3,(H,24,25)(H,18,19,23)/t10-,12+/m0/s1. The number of carboxylic acids is 1. The first-order valence-electron chi connectivity index (χ1n) is 8.37. The van der Waals surface area contributed by atoms with Gasteiger partial charge in [0.1, 0.15) is 5.25 Å². The number of hydrogen-bond donors (Lipinski definition) is 2. The first-order valence-corrected chi connectivity index (χ1v) is 10.1. The fraction of sp³-hybridized carbons (Fsp3) is 0.353. The highest BCUT2D eigenvalue weighted by Gasteiger charge is 2.35. The van der Waals surface area contributed by atoms with E-state index in [1.165, 1.54) is 0 Å². The van der Waals surface area contributed by atoms with Gasteiger partial charge in [-0.25, -0.2) is 0 Å². The summed E-state index contributed by atoms with van der Waals surface area (Å²) >= 11 is 2.23. The number of carbonyl (C=O) groups excluding carboxylic acids is 2. The minimum atomic E-state index is -0.909. The lowest BCUT2D eigenvalue weighted by Crippen LogP contribution is -2.28. The molecule has 2 atom stereocenters. The van der Waals surface area contributed by atoms with Crippen LogP contribution in [-0.2, 0) is 14.4 Å². The SMILES string of the molecule is CC[C@@H](Sc1nnc(NC(=O)[C@H]2CC(=O)N(c3ccccc3)C2)s1)C(=O)O. The van der Waals surface area contributed by atoms with Crippen molar-refractivity contribution in [2.75, 3.05) is 16.8 Å². The Balaban J connectivity index is 1.60. The fourth-order valence-electron chi connectivity index (χ4n) is 2.69. The van der Waals surface area contributed by atoms with E-state index in [4.69, 9.17) is 5.11 Å². The number of thioether (sulfide) groups is 1. The summed E-state index contributed by atoms with van der Waals surface area (Å²) in [5.74, 6) is -1.77. The maximum atomic E-state index is 12.5. The van der Waals surface area contributed by atoms with Crippen molar-refractivity contribution in [1.82, 2.24) is 10.2 Å².